The third-order valence-corrected chi connectivity index (χ3v) is 8.27. The molecule has 0 aliphatic carbocycles. The molecule has 0 bridgehead atoms. The van der Waals surface area contributed by atoms with E-state index in [9.17, 15) is 24.0 Å². The number of carbonyl (C=O) groups is 5. The molecule has 0 atom stereocenters. The Kier molecular flexibility index (Phi) is 28.1. The molecule has 0 spiro atoms. The van der Waals surface area contributed by atoms with E-state index in [1.54, 1.807) is 12.1 Å². The largest absolute Gasteiger partial charge is 0.494 e. The maximum absolute atomic E-state index is 13.0. The highest BCUT2D eigenvalue weighted by atomic mass is 35.5. The second-order valence-corrected chi connectivity index (χ2v) is 12.9. The SMILES string of the molecule is COC(=O)CCC(=O)OCCCCCCCCOc1ccc(OCCCCCCCCOC(=O)CCC(C)=O)c(C(=O)OCCCCCCCl)c1. The van der Waals surface area contributed by atoms with Crippen LogP contribution in [0.5, 0.6) is 11.5 Å². The van der Waals surface area contributed by atoms with Crippen molar-refractivity contribution in [3.8, 4) is 11.5 Å². The Morgan fingerprint density at radius 2 is 0.980 bits per heavy atom. The van der Waals surface area contributed by atoms with Gasteiger partial charge in [0.25, 0.3) is 0 Å². The minimum atomic E-state index is -0.427. The van der Waals surface area contributed by atoms with E-state index in [0.717, 1.165) is 103 Å². The van der Waals surface area contributed by atoms with Crippen molar-refractivity contribution >= 4 is 41.3 Å². The maximum Gasteiger partial charge on any atom is 0.342 e. The Labute approximate surface area is 309 Å². The van der Waals surface area contributed by atoms with Crippen molar-refractivity contribution in [1.29, 1.82) is 0 Å². The number of hydrogen-bond acceptors (Lipinski definition) is 11. The van der Waals surface area contributed by atoms with Crippen molar-refractivity contribution in [3.63, 3.8) is 0 Å². The lowest BCUT2D eigenvalue weighted by Crippen LogP contribution is -2.10. The maximum atomic E-state index is 13.0. The van der Waals surface area contributed by atoms with E-state index in [1.807, 2.05) is 6.07 Å². The lowest BCUT2D eigenvalue weighted by molar-refractivity contribution is -0.149. The molecular weight excluding hydrogens is 680 g/mol. The number of unbranched alkanes of at least 4 members (excludes halogenated alkanes) is 13. The number of hydrogen-bond donors (Lipinski definition) is 0. The zero-order valence-corrected chi connectivity index (χ0v) is 31.7. The number of ether oxygens (including phenoxy) is 6. The minimum absolute atomic E-state index is 0.0128. The minimum Gasteiger partial charge on any atom is -0.494 e. The number of rotatable bonds is 33. The molecule has 0 aliphatic heterocycles. The highest BCUT2D eigenvalue weighted by Crippen LogP contribution is 2.26. The molecule has 0 fully saturated rings. The summed E-state index contributed by atoms with van der Waals surface area (Å²) in [6, 6.07) is 5.29. The van der Waals surface area contributed by atoms with Gasteiger partial charge in [-0.05, 0) is 63.6 Å². The molecule has 0 unspecified atom stereocenters. The van der Waals surface area contributed by atoms with Crippen LogP contribution in [0.25, 0.3) is 0 Å². The number of esters is 4. The number of benzene rings is 1. The first-order valence-corrected chi connectivity index (χ1v) is 19.3. The van der Waals surface area contributed by atoms with Gasteiger partial charge in [0.2, 0.25) is 0 Å². The van der Waals surface area contributed by atoms with Crippen molar-refractivity contribution in [1.82, 2.24) is 0 Å². The fourth-order valence-corrected chi connectivity index (χ4v) is 5.16. The molecule has 0 saturated carbocycles. The van der Waals surface area contributed by atoms with Crippen LogP contribution in [0, 0.1) is 0 Å². The molecule has 0 heterocycles. The second kappa shape index (κ2) is 31.4. The molecule has 0 saturated heterocycles. The second-order valence-electron chi connectivity index (χ2n) is 12.6. The topological polar surface area (TPSA) is 141 Å². The molecule has 12 heteroatoms. The summed E-state index contributed by atoms with van der Waals surface area (Å²) >= 11 is 5.75. The third-order valence-electron chi connectivity index (χ3n) is 8.00. The molecule has 1 aromatic rings. The summed E-state index contributed by atoms with van der Waals surface area (Å²) in [5, 5.41) is 0. The highest BCUT2D eigenvalue weighted by Gasteiger charge is 2.16. The van der Waals surface area contributed by atoms with Gasteiger partial charge < -0.3 is 33.2 Å². The fourth-order valence-electron chi connectivity index (χ4n) is 4.97. The molecule has 290 valence electrons. The van der Waals surface area contributed by atoms with E-state index in [2.05, 4.69) is 4.74 Å². The number of ketones is 1. The summed E-state index contributed by atoms with van der Waals surface area (Å²) in [7, 11) is 1.29. The van der Waals surface area contributed by atoms with Crippen LogP contribution in [-0.4, -0.2) is 75.7 Å². The summed E-state index contributed by atoms with van der Waals surface area (Å²) < 4.78 is 32.4. The van der Waals surface area contributed by atoms with Gasteiger partial charge in [0.1, 0.15) is 22.8 Å². The quantitative estimate of drug-likeness (QED) is 0.0296. The average molecular weight is 741 g/mol. The molecule has 0 aromatic heterocycles. The zero-order valence-electron chi connectivity index (χ0n) is 31.0. The van der Waals surface area contributed by atoms with Crippen LogP contribution in [0.1, 0.15) is 146 Å². The zero-order chi connectivity index (χ0) is 37.4. The van der Waals surface area contributed by atoms with Gasteiger partial charge in [-0.25, -0.2) is 4.79 Å². The fraction of sp³-hybridized carbons (Fsp3) is 0.718. The average Bonchev–Trinajstić information content (AvgIpc) is 3.12. The lowest BCUT2D eigenvalue weighted by Gasteiger charge is -2.14. The first-order valence-electron chi connectivity index (χ1n) is 18.8. The van der Waals surface area contributed by atoms with Crippen molar-refractivity contribution in [2.24, 2.45) is 0 Å². The van der Waals surface area contributed by atoms with E-state index in [0.29, 0.717) is 56.0 Å². The van der Waals surface area contributed by atoms with E-state index in [4.69, 9.17) is 35.3 Å². The molecule has 1 aromatic carbocycles. The first-order chi connectivity index (χ1) is 24.8. The number of halogens is 1. The first kappa shape index (κ1) is 45.7. The van der Waals surface area contributed by atoms with Crippen LogP contribution < -0.4 is 9.47 Å². The Hall–Kier alpha value is -3.34. The van der Waals surface area contributed by atoms with Crippen molar-refractivity contribution in [2.75, 3.05) is 46.0 Å². The third kappa shape index (κ3) is 26.1. The predicted molar refractivity (Wildman–Crippen MR) is 195 cm³/mol. The number of Topliss-reactive ketones (excluding diaryl/α,β-unsaturated/α-hetero) is 1. The highest BCUT2D eigenvalue weighted by molar-refractivity contribution is 6.17. The van der Waals surface area contributed by atoms with E-state index in [-0.39, 0.29) is 43.4 Å². The van der Waals surface area contributed by atoms with Gasteiger partial charge in [-0.15, -0.1) is 11.6 Å². The molecule has 51 heavy (non-hydrogen) atoms. The molecule has 11 nitrogen and oxygen atoms in total. The molecule has 0 amide bonds. The molecule has 0 N–H and O–H groups in total. The van der Waals surface area contributed by atoms with Gasteiger partial charge in [-0.3, -0.25) is 14.4 Å². The smallest absolute Gasteiger partial charge is 0.342 e. The van der Waals surface area contributed by atoms with Crippen molar-refractivity contribution in [2.45, 2.75) is 135 Å². The van der Waals surface area contributed by atoms with Gasteiger partial charge >= 0.3 is 23.9 Å². The van der Waals surface area contributed by atoms with E-state index < -0.39 is 11.9 Å². The predicted octanol–water partition coefficient (Wildman–Crippen LogP) is 8.49. The summed E-state index contributed by atoms with van der Waals surface area (Å²) in [5.74, 6) is 0.148. The van der Waals surface area contributed by atoms with E-state index >= 15 is 0 Å². The number of alkyl halides is 1. The Morgan fingerprint density at radius 3 is 1.51 bits per heavy atom. The molecule has 0 radical (unpaired) electrons. The summed E-state index contributed by atoms with van der Waals surface area (Å²) in [5.41, 5.74) is 0.358. The van der Waals surface area contributed by atoms with Gasteiger partial charge in [0.05, 0.1) is 59.4 Å². The molecule has 0 aliphatic rings. The van der Waals surface area contributed by atoms with Crippen LogP contribution in [0.4, 0.5) is 0 Å². The standard InChI is InChI=1S/C39H61ClO11/c1-32(41)19-22-37(43)49-28-16-11-6-4-9-15-27-48-35-21-20-33(31-34(35)39(45)51-30-18-12-7-13-25-40)47-26-14-8-3-5-10-17-29-50-38(44)24-23-36(42)46-2/h20-21,31H,3-19,22-30H2,1-2H3. The van der Waals surface area contributed by atoms with Gasteiger partial charge in [-0.2, -0.15) is 0 Å². The summed E-state index contributed by atoms with van der Waals surface area (Å²) in [6.07, 6.45) is 15.4. The van der Waals surface area contributed by atoms with Gasteiger partial charge in [-0.1, -0.05) is 64.2 Å². The Bertz CT molecular complexity index is 1120. The number of carbonyl (C=O) groups excluding carboxylic acids is 5. The Morgan fingerprint density at radius 1 is 0.529 bits per heavy atom. The van der Waals surface area contributed by atoms with Crippen LogP contribution in [0.3, 0.4) is 0 Å². The Balaban J connectivity index is 2.37. The van der Waals surface area contributed by atoms with Crippen LogP contribution in [-0.2, 0) is 38.1 Å². The molecule has 1 rings (SSSR count). The normalized spacial score (nSPS) is 10.7. The monoisotopic (exact) mass is 740 g/mol. The molecular formula is C39H61ClO11. The lowest BCUT2D eigenvalue weighted by atomic mass is 10.1. The van der Waals surface area contributed by atoms with E-state index in [1.165, 1.54) is 14.0 Å². The van der Waals surface area contributed by atoms with Gasteiger partial charge in [0.15, 0.2) is 0 Å². The number of methoxy groups -OCH3 is 1. The summed E-state index contributed by atoms with van der Waals surface area (Å²) in [4.78, 5) is 58.3. The van der Waals surface area contributed by atoms with Crippen LogP contribution in [0.15, 0.2) is 18.2 Å². The van der Waals surface area contributed by atoms with Crippen molar-refractivity contribution in [3.05, 3.63) is 23.8 Å². The van der Waals surface area contributed by atoms with Gasteiger partial charge in [0, 0.05) is 12.3 Å². The summed E-state index contributed by atoms with van der Waals surface area (Å²) in [6.45, 7) is 3.54. The van der Waals surface area contributed by atoms with Crippen LogP contribution in [0.2, 0.25) is 0 Å². The van der Waals surface area contributed by atoms with Crippen LogP contribution >= 0.6 is 11.6 Å². The van der Waals surface area contributed by atoms with Crippen molar-refractivity contribution < 1.29 is 52.4 Å².